The molecule has 0 aromatic heterocycles. The van der Waals surface area contributed by atoms with Crippen LogP contribution in [0.2, 0.25) is 0 Å². The number of rotatable bonds is 5. The zero-order valence-corrected chi connectivity index (χ0v) is 14.5. The lowest BCUT2D eigenvalue weighted by Gasteiger charge is -2.07. The van der Waals surface area contributed by atoms with Crippen molar-refractivity contribution in [3.05, 3.63) is 65.9 Å². The van der Waals surface area contributed by atoms with E-state index in [-0.39, 0.29) is 16.9 Å². The molecule has 0 unspecified atom stereocenters. The lowest BCUT2D eigenvalue weighted by atomic mass is 10.1. The van der Waals surface area contributed by atoms with Crippen LogP contribution < -0.4 is 16.4 Å². The smallest absolute Gasteiger partial charge is 0.294 e. The van der Waals surface area contributed by atoms with Crippen molar-refractivity contribution in [1.29, 1.82) is 5.26 Å². The third kappa shape index (κ3) is 5.15. The second-order valence-corrected chi connectivity index (χ2v) is 6.61. The number of hydrogen-bond donors (Lipinski definition) is 4. The summed E-state index contributed by atoms with van der Waals surface area (Å²) in [6.07, 6.45) is 0.913. The summed E-state index contributed by atoms with van der Waals surface area (Å²) in [5.74, 6) is -1.49. The van der Waals surface area contributed by atoms with Crippen LogP contribution in [-0.2, 0) is 14.9 Å². The Bertz CT molecular complexity index is 1070. The molecule has 0 saturated carbocycles. The number of nitrogens with two attached hydrogens (primary N) is 1. The van der Waals surface area contributed by atoms with Gasteiger partial charge in [-0.1, -0.05) is 18.2 Å². The van der Waals surface area contributed by atoms with E-state index in [1.54, 1.807) is 18.2 Å². The van der Waals surface area contributed by atoms with Crippen LogP contribution in [0.3, 0.4) is 0 Å². The van der Waals surface area contributed by atoms with Crippen molar-refractivity contribution >= 4 is 33.3 Å². The Morgan fingerprint density at radius 1 is 1.15 bits per heavy atom. The second-order valence-electron chi connectivity index (χ2n) is 5.19. The molecular weight excluding hydrogens is 372 g/mol. The fraction of sp³-hybridized carbons (Fsp3) is 0. The molecule has 0 saturated heterocycles. The average Bonchev–Trinajstić information content (AvgIpc) is 2.62. The number of para-hydroxylation sites is 1. The molecule has 2 rings (SSSR count). The number of carbonyl (C=O) groups is 2. The zero-order valence-electron chi connectivity index (χ0n) is 13.7. The van der Waals surface area contributed by atoms with Gasteiger partial charge in [0, 0.05) is 17.6 Å². The highest BCUT2D eigenvalue weighted by molar-refractivity contribution is 7.85. The van der Waals surface area contributed by atoms with E-state index in [4.69, 9.17) is 15.5 Å². The molecule has 9 nitrogen and oxygen atoms in total. The van der Waals surface area contributed by atoms with Gasteiger partial charge in [0.15, 0.2) is 0 Å². The second kappa shape index (κ2) is 8.13. The number of hydrogen-bond acceptors (Lipinski definition) is 6. The van der Waals surface area contributed by atoms with Crippen molar-refractivity contribution in [3.8, 4) is 6.07 Å². The summed E-state index contributed by atoms with van der Waals surface area (Å²) in [5.41, 5.74) is 5.68. The normalized spacial score (nSPS) is 11.3. The van der Waals surface area contributed by atoms with Crippen molar-refractivity contribution < 1.29 is 22.6 Å². The van der Waals surface area contributed by atoms with Crippen molar-refractivity contribution in [3.63, 3.8) is 0 Å². The summed E-state index contributed by atoms with van der Waals surface area (Å²) in [6, 6.07) is 12.7. The van der Waals surface area contributed by atoms with Crippen molar-refractivity contribution in [2.75, 3.05) is 11.1 Å². The minimum atomic E-state index is -4.44. The van der Waals surface area contributed by atoms with Crippen molar-refractivity contribution in [2.45, 2.75) is 4.90 Å². The van der Waals surface area contributed by atoms with Crippen LogP contribution in [0.4, 0.5) is 11.4 Å². The number of nitrogens with zero attached hydrogens (tertiary/aromatic N) is 1. The largest absolute Gasteiger partial charge is 0.398 e. The van der Waals surface area contributed by atoms with Gasteiger partial charge in [0.1, 0.15) is 11.6 Å². The Morgan fingerprint density at radius 3 is 2.48 bits per heavy atom. The summed E-state index contributed by atoms with van der Waals surface area (Å²) in [7, 11) is -4.44. The Labute approximate surface area is 154 Å². The number of nitrogen functional groups attached to an aromatic ring is 1. The summed E-state index contributed by atoms with van der Waals surface area (Å²) in [6.45, 7) is 0. The molecule has 0 aliphatic rings. The molecule has 0 atom stereocenters. The number of nitrogens with one attached hydrogen (secondary N) is 2. The van der Waals surface area contributed by atoms with Crippen LogP contribution >= 0.6 is 0 Å². The quantitative estimate of drug-likeness (QED) is 0.260. The lowest BCUT2D eigenvalue weighted by Crippen LogP contribution is -2.22. The van der Waals surface area contributed by atoms with Gasteiger partial charge in [-0.3, -0.25) is 14.1 Å². The van der Waals surface area contributed by atoms with Crippen LogP contribution in [0.1, 0.15) is 10.4 Å². The highest BCUT2D eigenvalue weighted by Gasteiger charge is 2.14. The Hall–Kier alpha value is -3.68. The van der Waals surface area contributed by atoms with Gasteiger partial charge in [-0.15, -0.1) is 0 Å². The van der Waals surface area contributed by atoms with Gasteiger partial charge < -0.3 is 16.4 Å². The summed E-state index contributed by atoms with van der Waals surface area (Å²) in [5, 5.41) is 13.7. The molecule has 27 heavy (non-hydrogen) atoms. The number of nitriles is 1. The van der Waals surface area contributed by atoms with Crippen LogP contribution in [0.15, 0.2) is 65.2 Å². The first kappa shape index (κ1) is 19.6. The third-order valence-electron chi connectivity index (χ3n) is 3.31. The van der Waals surface area contributed by atoms with Crippen LogP contribution in [-0.4, -0.2) is 24.8 Å². The standard InChI is InChI=1S/C17H14N4O5S/c18-9-11(10-20-17(23)14-6-1-2-7-15(14)19)16(22)21-12-4-3-5-13(8-12)27(24,25)26/h1-8,10H,19H2,(H,20,23)(H,21,22)(H,24,25,26)/b11-10-. The zero-order chi connectivity index (χ0) is 20.0. The molecule has 2 amide bonds. The molecule has 10 heteroatoms. The molecule has 2 aromatic rings. The first-order chi connectivity index (χ1) is 12.7. The van der Waals surface area contributed by atoms with E-state index in [0.29, 0.717) is 0 Å². The molecular formula is C17H14N4O5S. The topological polar surface area (TPSA) is 162 Å². The Morgan fingerprint density at radius 2 is 1.85 bits per heavy atom. The molecule has 0 aliphatic carbocycles. The van der Waals surface area contributed by atoms with Gasteiger partial charge in [0.25, 0.3) is 21.9 Å². The van der Waals surface area contributed by atoms with Gasteiger partial charge in [-0.25, -0.2) is 0 Å². The highest BCUT2D eigenvalue weighted by Crippen LogP contribution is 2.16. The fourth-order valence-electron chi connectivity index (χ4n) is 2.00. The van der Waals surface area contributed by atoms with E-state index in [2.05, 4.69) is 10.6 Å². The molecule has 0 bridgehead atoms. The highest BCUT2D eigenvalue weighted by atomic mass is 32.2. The monoisotopic (exact) mass is 386 g/mol. The van der Waals surface area contributed by atoms with Crippen LogP contribution in [0, 0.1) is 11.3 Å². The minimum absolute atomic E-state index is 0.0369. The average molecular weight is 386 g/mol. The number of benzene rings is 2. The maximum atomic E-state index is 12.1. The van der Waals surface area contributed by atoms with Crippen LogP contribution in [0.5, 0.6) is 0 Å². The predicted octanol–water partition coefficient (Wildman–Crippen LogP) is 1.29. The maximum Gasteiger partial charge on any atom is 0.294 e. The fourth-order valence-corrected chi connectivity index (χ4v) is 2.53. The summed E-state index contributed by atoms with van der Waals surface area (Å²) >= 11 is 0. The molecule has 0 aliphatic heterocycles. The predicted molar refractivity (Wildman–Crippen MR) is 96.9 cm³/mol. The van der Waals surface area contributed by atoms with Crippen LogP contribution in [0.25, 0.3) is 0 Å². The van der Waals surface area contributed by atoms with Crippen molar-refractivity contribution in [2.24, 2.45) is 0 Å². The SMILES string of the molecule is N#C/C(=C/NC(=O)c1ccccc1N)C(=O)Nc1cccc(S(=O)(=O)O)c1. The third-order valence-corrected chi connectivity index (χ3v) is 4.16. The van der Waals surface area contributed by atoms with Gasteiger partial charge in [0.05, 0.1) is 10.5 Å². The molecule has 0 fully saturated rings. The molecule has 2 aromatic carbocycles. The lowest BCUT2D eigenvalue weighted by molar-refractivity contribution is -0.112. The first-order valence-electron chi connectivity index (χ1n) is 7.37. The first-order valence-corrected chi connectivity index (χ1v) is 8.81. The van der Waals surface area contributed by atoms with Gasteiger partial charge >= 0.3 is 0 Å². The van der Waals surface area contributed by atoms with Gasteiger partial charge in [0.2, 0.25) is 0 Å². The molecule has 0 spiro atoms. The van der Waals surface area contributed by atoms with E-state index in [0.717, 1.165) is 18.3 Å². The summed E-state index contributed by atoms with van der Waals surface area (Å²) < 4.78 is 31.3. The van der Waals surface area contributed by atoms with E-state index >= 15 is 0 Å². The van der Waals surface area contributed by atoms with E-state index in [1.165, 1.54) is 24.3 Å². The Kier molecular flexibility index (Phi) is 5.92. The maximum absolute atomic E-state index is 12.1. The number of anilines is 2. The number of carbonyl (C=O) groups excluding carboxylic acids is 2. The molecule has 5 N–H and O–H groups in total. The van der Waals surface area contributed by atoms with E-state index < -0.39 is 32.4 Å². The van der Waals surface area contributed by atoms with Crippen molar-refractivity contribution in [1.82, 2.24) is 5.32 Å². The minimum Gasteiger partial charge on any atom is -0.398 e. The Balaban J connectivity index is 2.14. The summed E-state index contributed by atoms with van der Waals surface area (Å²) in [4.78, 5) is 23.8. The van der Waals surface area contributed by atoms with E-state index in [9.17, 15) is 18.0 Å². The van der Waals surface area contributed by atoms with Gasteiger partial charge in [-0.2, -0.15) is 13.7 Å². The molecule has 138 valence electrons. The van der Waals surface area contributed by atoms with E-state index in [1.807, 2.05) is 0 Å². The molecule has 0 radical (unpaired) electrons. The number of amides is 2. The molecule has 0 heterocycles. The van der Waals surface area contributed by atoms with Gasteiger partial charge in [-0.05, 0) is 30.3 Å².